The van der Waals surface area contributed by atoms with E-state index < -0.39 is 65.5 Å². The molecule has 7 rings (SSSR count). The molecule has 2 aliphatic rings. The molecule has 7 nitrogen and oxygen atoms in total. The summed E-state index contributed by atoms with van der Waals surface area (Å²) < 4.78 is 86.7. The third-order valence-electron chi connectivity index (χ3n) is 8.23. The van der Waals surface area contributed by atoms with E-state index in [1.54, 1.807) is 24.4 Å². The first-order valence-electron chi connectivity index (χ1n) is 13.9. The molecule has 0 amide bonds. The number of halogens is 6. The lowest BCUT2D eigenvalue weighted by molar-refractivity contribution is -0.120. The van der Waals surface area contributed by atoms with Crippen molar-refractivity contribution in [1.29, 1.82) is 0 Å². The Morgan fingerprint density at radius 1 is 0.977 bits per heavy atom. The first-order chi connectivity index (χ1) is 21.1. The number of ketones is 1. The van der Waals surface area contributed by atoms with Crippen molar-refractivity contribution in [1.82, 2.24) is 29.7 Å². The molecule has 0 N–H and O–H groups in total. The van der Waals surface area contributed by atoms with E-state index in [2.05, 4.69) is 25.0 Å². The molecule has 3 atom stereocenters. The zero-order valence-electron chi connectivity index (χ0n) is 22.8. The van der Waals surface area contributed by atoms with Crippen LogP contribution in [0.25, 0.3) is 22.3 Å². The van der Waals surface area contributed by atoms with Crippen molar-refractivity contribution in [3.63, 3.8) is 0 Å². The van der Waals surface area contributed by atoms with Crippen molar-refractivity contribution >= 4 is 16.9 Å². The molecule has 1 saturated carbocycles. The first kappa shape index (κ1) is 28.1. The Balaban J connectivity index is 1.25. The summed E-state index contributed by atoms with van der Waals surface area (Å²) in [4.78, 5) is 30.8. The molecule has 0 spiro atoms. The second kappa shape index (κ2) is 10.5. The zero-order chi connectivity index (χ0) is 30.7. The molecular weight excluding hydrogens is 586 g/mol. The Bertz CT molecular complexity index is 1910. The van der Waals surface area contributed by atoms with E-state index >= 15 is 8.78 Å². The molecule has 5 aromatic rings. The molecule has 4 aromatic heterocycles. The number of fused-ring (bicyclic) bond motifs is 4. The molecule has 4 heterocycles. The van der Waals surface area contributed by atoms with Gasteiger partial charge in [0.1, 0.15) is 35.1 Å². The molecular formula is C31H22F6N6O. The van der Waals surface area contributed by atoms with Gasteiger partial charge in [0, 0.05) is 65.8 Å². The van der Waals surface area contributed by atoms with Crippen LogP contribution in [0, 0.1) is 17.6 Å². The highest BCUT2D eigenvalue weighted by atomic mass is 19.3. The van der Waals surface area contributed by atoms with Gasteiger partial charge in [0.05, 0.1) is 5.69 Å². The summed E-state index contributed by atoms with van der Waals surface area (Å²) in [6, 6.07) is 8.15. The monoisotopic (exact) mass is 608 g/mol. The van der Waals surface area contributed by atoms with E-state index in [1.165, 1.54) is 18.6 Å². The summed E-state index contributed by atoms with van der Waals surface area (Å²) in [6.07, 6.45) is 2.76. The smallest absolute Gasteiger partial charge is 0.293 e. The molecule has 2 aliphatic carbocycles. The summed E-state index contributed by atoms with van der Waals surface area (Å²) in [5, 5.41) is 3.76. The van der Waals surface area contributed by atoms with E-state index in [-0.39, 0.29) is 30.4 Å². The number of nitrogens with zero attached hydrogens (tertiary/aromatic N) is 6. The normalized spacial score (nSPS) is 18.8. The molecule has 0 aliphatic heterocycles. The van der Waals surface area contributed by atoms with Gasteiger partial charge < -0.3 is 0 Å². The number of hydrogen-bond acceptors (Lipinski definition) is 6. The lowest BCUT2D eigenvalue weighted by atomic mass is 9.87. The minimum absolute atomic E-state index is 0.0367. The van der Waals surface area contributed by atoms with Gasteiger partial charge in [-0.3, -0.25) is 19.4 Å². The molecule has 2 unspecified atom stereocenters. The third-order valence-corrected chi connectivity index (χ3v) is 8.23. The molecule has 13 heteroatoms. The lowest BCUT2D eigenvalue weighted by Gasteiger charge is -2.20. The number of aromatic nitrogens is 6. The van der Waals surface area contributed by atoms with Crippen molar-refractivity contribution in [3.8, 4) is 11.1 Å². The van der Waals surface area contributed by atoms with Crippen molar-refractivity contribution in [2.45, 2.75) is 50.0 Å². The topological polar surface area (TPSA) is 86.5 Å². The Morgan fingerprint density at radius 2 is 1.75 bits per heavy atom. The maximum atomic E-state index is 15.1. The highest BCUT2D eigenvalue weighted by molar-refractivity contribution is 5.81. The lowest BCUT2D eigenvalue weighted by Crippen LogP contribution is -2.24. The van der Waals surface area contributed by atoms with Gasteiger partial charge in [-0.25, -0.2) is 27.5 Å². The Labute approximate surface area is 246 Å². The minimum atomic E-state index is -3.38. The number of benzene rings is 1. The number of Topliss-reactive ketones (excluding diaryl/α,β-unsaturated/α-hetero) is 1. The van der Waals surface area contributed by atoms with Gasteiger partial charge in [0.2, 0.25) is 0 Å². The number of pyridine rings is 2. The molecule has 44 heavy (non-hydrogen) atoms. The number of alkyl halides is 4. The average molecular weight is 609 g/mol. The molecule has 1 aromatic carbocycles. The van der Waals surface area contributed by atoms with E-state index in [0.29, 0.717) is 32.7 Å². The maximum Gasteiger partial charge on any atom is 0.293 e. The Hall–Kier alpha value is -4.68. The fourth-order valence-corrected chi connectivity index (χ4v) is 6.35. The fraction of sp³-hybridized carbons (Fsp3) is 0.290. The summed E-state index contributed by atoms with van der Waals surface area (Å²) in [7, 11) is 0. The predicted molar refractivity (Wildman–Crippen MR) is 145 cm³/mol. The van der Waals surface area contributed by atoms with Gasteiger partial charge in [-0.15, -0.1) is 0 Å². The van der Waals surface area contributed by atoms with Gasteiger partial charge in [-0.2, -0.15) is 13.9 Å². The quantitative estimate of drug-likeness (QED) is 0.173. The SMILES string of the molecule is O=C(C[C@@H](Cc1cc(F)cc(F)c1)c1ncccc1-c1cnc2nccnc2c1)Cn1nc(C(F)F)c2c1C(F)(F)C1CC21. The predicted octanol–water partition coefficient (Wildman–Crippen LogP) is 6.69. The number of carbonyl (C=O) groups is 1. The molecule has 0 saturated heterocycles. The second-order valence-corrected chi connectivity index (χ2v) is 11.2. The van der Waals surface area contributed by atoms with E-state index in [1.807, 2.05) is 0 Å². The van der Waals surface area contributed by atoms with Gasteiger partial charge >= 0.3 is 0 Å². The van der Waals surface area contributed by atoms with Crippen molar-refractivity contribution in [2.24, 2.45) is 5.92 Å². The summed E-state index contributed by atoms with van der Waals surface area (Å²) in [5.41, 5.74) is 1.19. The van der Waals surface area contributed by atoms with Crippen LogP contribution in [0.1, 0.15) is 59.3 Å². The van der Waals surface area contributed by atoms with Gasteiger partial charge in [-0.05, 0) is 48.6 Å². The minimum Gasteiger partial charge on any atom is -0.298 e. The van der Waals surface area contributed by atoms with Crippen LogP contribution in [0.4, 0.5) is 26.3 Å². The van der Waals surface area contributed by atoms with Crippen LogP contribution < -0.4 is 0 Å². The van der Waals surface area contributed by atoms with Crippen molar-refractivity contribution in [2.75, 3.05) is 0 Å². The fourth-order valence-electron chi connectivity index (χ4n) is 6.35. The van der Waals surface area contributed by atoms with E-state index in [9.17, 15) is 22.4 Å². The van der Waals surface area contributed by atoms with E-state index in [4.69, 9.17) is 0 Å². The highest BCUT2D eigenvalue weighted by Gasteiger charge is 2.67. The van der Waals surface area contributed by atoms with Crippen molar-refractivity contribution < 1.29 is 31.1 Å². The standard InChI is InChI=1S/C31H22F6N6O/c32-18-7-15(8-19(33)11-18)6-16(26-21(2-1-3-39-26)17-10-24-30(41-13-17)40-5-4-38-24)9-20(44)14-43-28-25(27(42-43)29(34)35)22-12-23(22)31(28,36)37/h1-5,7-8,10-11,13,16,22-23,29H,6,9,12,14H2/t16-,22?,23?/m1/s1. The third kappa shape index (κ3) is 4.89. The van der Waals surface area contributed by atoms with Crippen molar-refractivity contribution in [3.05, 3.63) is 101 Å². The Morgan fingerprint density at radius 3 is 2.52 bits per heavy atom. The molecule has 224 valence electrons. The summed E-state index contributed by atoms with van der Waals surface area (Å²) >= 11 is 0. The zero-order valence-corrected chi connectivity index (χ0v) is 22.8. The highest BCUT2D eigenvalue weighted by Crippen LogP contribution is 2.68. The van der Waals surface area contributed by atoms with Crippen LogP contribution in [0.15, 0.2) is 61.2 Å². The summed E-state index contributed by atoms with van der Waals surface area (Å²) in [5.74, 6) is -8.13. The average Bonchev–Trinajstić information content (AvgIpc) is 3.64. The van der Waals surface area contributed by atoms with Gasteiger partial charge in [0.15, 0.2) is 11.4 Å². The maximum absolute atomic E-state index is 15.1. The second-order valence-electron chi connectivity index (χ2n) is 11.2. The van der Waals surface area contributed by atoms with Crippen LogP contribution in [-0.4, -0.2) is 35.5 Å². The van der Waals surface area contributed by atoms with Crippen LogP contribution in [0.3, 0.4) is 0 Å². The largest absolute Gasteiger partial charge is 0.298 e. The number of rotatable bonds is 9. The molecule has 0 radical (unpaired) electrons. The number of carbonyl (C=O) groups excluding carboxylic acids is 1. The van der Waals surface area contributed by atoms with Gasteiger partial charge in [-0.1, -0.05) is 6.07 Å². The summed E-state index contributed by atoms with van der Waals surface area (Å²) in [6.45, 7) is -0.673. The van der Waals surface area contributed by atoms with Crippen LogP contribution in [-0.2, 0) is 23.7 Å². The van der Waals surface area contributed by atoms with Crippen LogP contribution in [0.2, 0.25) is 0 Å². The Kier molecular flexibility index (Phi) is 6.70. The van der Waals surface area contributed by atoms with E-state index in [0.717, 1.165) is 18.2 Å². The van der Waals surface area contributed by atoms with Crippen LogP contribution in [0.5, 0.6) is 0 Å². The molecule has 0 bridgehead atoms. The number of hydrogen-bond donors (Lipinski definition) is 0. The first-order valence-corrected chi connectivity index (χ1v) is 13.9. The van der Waals surface area contributed by atoms with Gasteiger partial charge in [0.25, 0.3) is 12.3 Å². The van der Waals surface area contributed by atoms with Crippen LogP contribution >= 0.6 is 0 Å². The molecule has 1 fully saturated rings.